The molecule has 3 aromatic carbocycles. The second-order valence-corrected chi connectivity index (χ2v) is 6.78. The average molecular weight is 393 g/mol. The van der Waals surface area contributed by atoms with Crippen molar-refractivity contribution in [2.45, 2.75) is 13.2 Å². The minimum absolute atomic E-state index is 0.454. The fourth-order valence-corrected chi connectivity index (χ4v) is 2.97. The third-order valence-electron chi connectivity index (χ3n) is 3.65. The summed E-state index contributed by atoms with van der Waals surface area (Å²) in [4.78, 5) is 0. The van der Waals surface area contributed by atoms with Crippen molar-refractivity contribution in [3.63, 3.8) is 0 Å². The number of para-hydroxylation sites is 1. The van der Waals surface area contributed by atoms with Crippen LogP contribution in [0.15, 0.2) is 66.7 Å². The summed E-state index contributed by atoms with van der Waals surface area (Å²) in [6.07, 6.45) is 0. The molecule has 0 fully saturated rings. The second kappa shape index (κ2) is 8.48. The molecule has 0 radical (unpaired) electrons. The summed E-state index contributed by atoms with van der Waals surface area (Å²) in [5, 5.41) is 5.26. The Morgan fingerprint density at radius 1 is 0.800 bits per heavy atom. The molecule has 0 spiro atoms. The lowest BCUT2D eigenvalue weighted by atomic mass is 10.2. The zero-order chi connectivity index (χ0) is 17.6. The van der Waals surface area contributed by atoms with Gasteiger partial charge in [-0.05, 0) is 42.0 Å². The van der Waals surface area contributed by atoms with E-state index in [0.29, 0.717) is 28.2 Å². The largest absolute Gasteiger partial charge is 0.489 e. The molecule has 0 atom stereocenters. The van der Waals surface area contributed by atoms with Crippen LogP contribution in [0.5, 0.6) is 5.75 Å². The number of halogens is 3. The Hall–Kier alpha value is -1.87. The monoisotopic (exact) mass is 391 g/mol. The van der Waals surface area contributed by atoms with Gasteiger partial charge in [-0.15, -0.1) is 0 Å². The molecule has 3 aromatic rings. The number of hydrogen-bond donors (Lipinski definition) is 1. The highest BCUT2D eigenvalue weighted by Crippen LogP contribution is 2.27. The topological polar surface area (TPSA) is 21.3 Å². The highest BCUT2D eigenvalue weighted by Gasteiger charge is 2.06. The first-order valence-electron chi connectivity index (χ1n) is 7.76. The van der Waals surface area contributed by atoms with E-state index in [-0.39, 0.29) is 0 Å². The molecule has 3 rings (SSSR count). The first-order chi connectivity index (χ1) is 12.1. The summed E-state index contributed by atoms with van der Waals surface area (Å²) in [5.41, 5.74) is 2.84. The van der Waals surface area contributed by atoms with Crippen molar-refractivity contribution >= 4 is 40.5 Å². The van der Waals surface area contributed by atoms with Crippen molar-refractivity contribution in [2.24, 2.45) is 0 Å². The number of benzene rings is 3. The molecule has 0 bridgehead atoms. The van der Waals surface area contributed by atoms with Crippen LogP contribution >= 0.6 is 34.8 Å². The smallest absolute Gasteiger partial charge is 0.124 e. The van der Waals surface area contributed by atoms with Crippen LogP contribution in [0.1, 0.15) is 11.1 Å². The first-order valence-corrected chi connectivity index (χ1v) is 8.89. The molecule has 2 nitrogen and oxygen atoms in total. The Balaban J connectivity index is 1.69. The molecule has 0 aliphatic heterocycles. The summed E-state index contributed by atoms with van der Waals surface area (Å²) in [7, 11) is 0. The number of ether oxygens (including phenoxy) is 1. The molecule has 5 heteroatoms. The van der Waals surface area contributed by atoms with Crippen molar-refractivity contribution in [1.82, 2.24) is 0 Å². The van der Waals surface area contributed by atoms with Gasteiger partial charge in [0.05, 0.1) is 10.7 Å². The van der Waals surface area contributed by atoms with E-state index in [9.17, 15) is 0 Å². The second-order valence-electron chi connectivity index (χ2n) is 5.50. The van der Waals surface area contributed by atoms with E-state index in [4.69, 9.17) is 39.5 Å². The van der Waals surface area contributed by atoms with Gasteiger partial charge in [0.15, 0.2) is 0 Å². The third-order valence-corrected chi connectivity index (χ3v) is 4.45. The van der Waals surface area contributed by atoms with Gasteiger partial charge in [0.1, 0.15) is 12.4 Å². The first kappa shape index (κ1) is 17.9. The summed E-state index contributed by atoms with van der Waals surface area (Å²) in [6, 6.07) is 20.9. The molecule has 25 heavy (non-hydrogen) atoms. The normalized spacial score (nSPS) is 10.5. The van der Waals surface area contributed by atoms with Crippen molar-refractivity contribution in [1.29, 1.82) is 0 Å². The summed E-state index contributed by atoms with van der Waals surface area (Å²) in [6.45, 7) is 1.03. The van der Waals surface area contributed by atoms with Gasteiger partial charge in [0.25, 0.3) is 0 Å². The zero-order valence-electron chi connectivity index (χ0n) is 13.3. The Morgan fingerprint density at radius 3 is 2.44 bits per heavy atom. The van der Waals surface area contributed by atoms with E-state index < -0.39 is 0 Å². The maximum absolute atomic E-state index is 6.19. The van der Waals surface area contributed by atoms with Gasteiger partial charge in [0, 0.05) is 22.2 Å². The summed E-state index contributed by atoms with van der Waals surface area (Å²) < 4.78 is 5.96. The number of hydrogen-bond acceptors (Lipinski definition) is 2. The molecule has 0 aromatic heterocycles. The molecule has 0 saturated carbocycles. The number of anilines is 1. The van der Waals surface area contributed by atoms with E-state index in [1.165, 1.54) is 0 Å². The van der Waals surface area contributed by atoms with Crippen LogP contribution < -0.4 is 10.1 Å². The van der Waals surface area contributed by atoms with Crippen LogP contribution in [0, 0.1) is 0 Å². The Morgan fingerprint density at radius 2 is 1.60 bits per heavy atom. The predicted octanol–water partition coefficient (Wildman–Crippen LogP) is 6.84. The minimum atomic E-state index is 0.454. The number of nitrogens with one attached hydrogen (secondary N) is 1. The van der Waals surface area contributed by atoms with Gasteiger partial charge in [-0.3, -0.25) is 0 Å². The van der Waals surface area contributed by atoms with Crippen LogP contribution in [0.25, 0.3) is 0 Å². The maximum atomic E-state index is 6.19. The third kappa shape index (κ3) is 5.05. The van der Waals surface area contributed by atoms with Crippen LogP contribution in [0.3, 0.4) is 0 Å². The van der Waals surface area contributed by atoms with E-state index >= 15 is 0 Å². The predicted molar refractivity (Wildman–Crippen MR) is 106 cm³/mol. The van der Waals surface area contributed by atoms with Gasteiger partial charge in [0.2, 0.25) is 0 Å². The van der Waals surface area contributed by atoms with Crippen LogP contribution in [0.4, 0.5) is 5.69 Å². The van der Waals surface area contributed by atoms with E-state index in [0.717, 1.165) is 22.6 Å². The molecule has 0 heterocycles. The summed E-state index contributed by atoms with van der Waals surface area (Å²) >= 11 is 18.2. The Kier molecular flexibility index (Phi) is 6.09. The van der Waals surface area contributed by atoms with Gasteiger partial charge < -0.3 is 10.1 Å². The fraction of sp³-hybridized carbons (Fsp3) is 0.100. The van der Waals surface area contributed by atoms with Crippen LogP contribution in [0.2, 0.25) is 15.1 Å². The fourth-order valence-electron chi connectivity index (χ4n) is 2.40. The molecule has 0 aliphatic carbocycles. The van der Waals surface area contributed by atoms with Crippen LogP contribution in [-0.2, 0) is 13.2 Å². The summed E-state index contributed by atoms with van der Waals surface area (Å²) in [5.74, 6) is 0.813. The molecule has 0 aliphatic rings. The highest BCUT2D eigenvalue weighted by molar-refractivity contribution is 6.35. The average Bonchev–Trinajstić information content (AvgIpc) is 2.61. The van der Waals surface area contributed by atoms with Gasteiger partial charge in [-0.25, -0.2) is 0 Å². The quantitative estimate of drug-likeness (QED) is 0.496. The van der Waals surface area contributed by atoms with Gasteiger partial charge in [-0.2, -0.15) is 0 Å². The molecule has 0 saturated heterocycles. The van der Waals surface area contributed by atoms with E-state index in [1.54, 1.807) is 18.2 Å². The Labute approximate surface area is 162 Å². The van der Waals surface area contributed by atoms with Crippen LogP contribution in [-0.4, -0.2) is 0 Å². The maximum Gasteiger partial charge on any atom is 0.124 e. The molecule has 1 N–H and O–H groups in total. The molecule has 0 amide bonds. The van der Waals surface area contributed by atoms with E-state index in [1.807, 2.05) is 48.5 Å². The van der Waals surface area contributed by atoms with E-state index in [2.05, 4.69) is 5.32 Å². The van der Waals surface area contributed by atoms with Crippen molar-refractivity contribution < 1.29 is 4.74 Å². The highest BCUT2D eigenvalue weighted by atomic mass is 35.5. The van der Waals surface area contributed by atoms with Crippen molar-refractivity contribution in [2.75, 3.05) is 5.32 Å². The van der Waals surface area contributed by atoms with Crippen molar-refractivity contribution in [3.05, 3.63) is 92.9 Å². The zero-order valence-corrected chi connectivity index (χ0v) is 15.6. The SMILES string of the molecule is Clc1cccc(COc2ccccc2CNc2cc(Cl)ccc2Cl)c1. The Bertz CT molecular complexity index is 867. The molecule has 128 valence electrons. The molecular weight excluding hydrogens is 377 g/mol. The minimum Gasteiger partial charge on any atom is -0.489 e. The standard InChI is InChI=1S/C20H16Cl3NO/c21-16-6-3-4-14(10-16)13-25-20-7-2-1-5-15(20)12-24-19-11-17(22)8-9-18(19)23/h1-11,24H,12-13H2. The van der Waals surface area contributed by atoms with Gasteiger partial charge in [-0.1, -0.05) is 65.1 Å². The van der Waals surface area contributed by atoms with Crippen molar-refractivity contribution in [3.8, 4) is 5.75 Å². The lowest BCUT2D eigenvalue weighted by Crippen LogP contribution is -2.04. The molecular formula is C20H16Cl3NO. The lowest BCUT2D eigenvalue weighted by molar-refractivity contribution is 0.303. The van der Waals surface area contributed by atoms with Gasteiger partial charge >= 0.3 is 0 Å². The lowest BCUT2D eigenvalue weighted by Gasteiger charge is -2.14. The molecule has 0 unspecified atom stereocenters. The number of rotatable bonds is 6.